The molecule has 12 nitrogen and oxygen atoms in total. The van der Waals surface area contributed by atoms with E-state index in [0.29, 0.717) is 34.9 Å². The fourth-order valence-corrected chi connectivity index (χ4v) is 5.95. The molecule has 4 aromatic rings. The van der Waals surface area contributed by atoms with Gasteiger partial charge in [-0.25, -0.2) is 9.59 Å². The molecule has 0 saturated carbocycles. The summed E-state index contributed by atoms with van der Waals surface area (Å²) in [5.41, 5.74) is 3.47. The van der Waals surface area contributed by atoms with Gasteiger partial charge in [-0.05, 0) is 53.6 Å². The van der Waals surface area contributed by atoms with Crippen molar-refractivity contribution in [3.63, 3.8) is 0 Å². The lowest BCUT2D eigenvalue weighted by atomic mass is 9.90. The number of hydrogen-bond acceptors (Lipinski definition) is 6. The van der Waals surface area contributed by atoms with Crippen molar-refractivity contribution in [2.24, 2.45) is 7.05 Å². The second-order valence-electron chi connectivity index (χ2n) is 11.0. The summed E-state index contributed by atoms with van der Waals surface area (Å²) >= 11 is 6.28. The number of nitrogens with one attached hydrogen (secondary N) is 3. The summed E-state index contributed by atoms with van der Waals surface area (Å²) in [4.78, 5) is 52.5. The van der Waals surface area contributed by atoms with E-state index in [0.717, 1.165) is 16.7 Å². The molecule has 1 unspecified atom stereocenters. The van der Waals surface area contributed by atoms with Crippen LogP contribution in [0.3, 0.4) is 0 Å². The predicted molar refractivity (Wildman–Crippen MR) is 166 cm³/mol. The lowest BCUT2D eigenvalue weighted by Crippen LogP contribution is -2.50. The molecule has 1 aromatic heterocycles. The van der Waals surface area contributed by atoms with Gasteiger partial charge < -0.3 is 20.1 Å². The van der Waals surface area contributed by atoms with E-state index in [9.17, 15) is 19.2 Å². The number of aryl methyl sites for hydroxylation is 1. The molecule has 0 bridgehead atoms. The van der Waals surface area contributed by atoms with Crippen molar-refractivity contribution in [2.75, 3.05) is 23.7 Å². The molecule has 13 heteroatoms. The van der Waals surface area contributed by atoms with Crippen molar-refractivity contribution in [3.8, 4) is 11.1 Å². The Kier molecular flexibility index (Phi) is 7.90. The van der Waals surface area contributed by atoms with Crippen LogP contribution < -0.4 is 16.0 Å². The number of carbonyl (C=O) groups is 4. The van der Waals surface area contributed by atoms with Crippen molar-refractivity contribution in [1.82, 2.24) is 20.0 Å². The molecule has 1 saturated heterocycles. The lowest BCUT2D eigenvalue weighted by Gasteiger charge is -2.35. The Morgan fingerprint density at radius 3 is 2.53 bits per heavy atom. The van der Waals surface area contributed by atoms with Crippen molar-refractivity contribution >= 4 is 47.0 Å². The summed E-state index contributed by atoms with van der Waals surface area (Å²) in [5.74, 6) is -0.833. The Morgan fingerprint density at radius 1 is 1.09 bits per heavy atom. The number of fused-ring (bicyclic) bond motifs is 2. The van der Waals surface area contributed by atoms with Crippen LogP contribution in [-0.2, 0) is 28.6 Å². The number of carboxylic acid groups (broad SMARTS) is 1. The van der Waals surface area contributed by atoms with E-state index in [1.165, 1.54) is 24.3 Å². The van der Waals surface area contributed by atoms with Crippen LogP contribution in [0.2, 0.25) is 5.02 Å². The molecular weight excluding hydrogens is 600 g/mol. The number of rotatable bonds is 7. The largest absolute Gasteiger partial charge is 0.465 e. The number of anilines is 2. The zero-order valence-electron chi connectivity index (χ0n) is 24.1. The highest BCUT2D eigenvalue weighted by Gasteiger charge is 2.49. The van der Waals surface area contributed by atoms with Crippen LogP contribution in [0, 0.1) is 0 Å². The van der Waals surface area contributed by atoms with Crippen LogP contribution in [0.25, 0.3) is 11.1 Å². The number of aromatic nitrogens is 2. The van der Waals surface area contributed by atoms with Crippen molar-refractivity contribution in [2.45, 2.75) is 24.5 Å². The minimum Gasteiger partial charge on any atom is -0.465 e. The highest BCUT2D eigenvalue weighted by molar-refractivity contribution is 6.30. The normalized spacial score (nSPS) is 17.6. The summed E-state index contributed by atoms with van der Waals surface area (Å²) in [6, 6.07) is 17.7. The maximum absolute atomic E-state index is 14.1. The number of ether oxygens (including phenoxy) is 1. The van der Waals surface area contributed by atoms with E-state index in [2.05, 4.69) is 21.0 Å². The van der Waals surface area contributed by atoms with Gasteiger partial charge >= 0.3 is 12.2 Å². The first-order valence-corrected chi connectivity index (χ1v) is 14.5. The third-order valence-corrected chi connectivity index (χ3v) is 8.21. The minimum atomic E-state index is -1.22. The summed E-state index contributed by atoms with van der Waals surface area (Å²) < 4.78 is 7.51. The first-order chi connectivity index (χ1) is 21.6. The van der Waals surface area contributed by atoms with Gasteiger partial charge in [0.05, 0.1) is 18.4 Å². The highest BCUT2D eigenvalue weighted by Crippen LogP contribution is 2.44. The molecule has 0 radical (unpaired) electrons. The van der Waals surface area contributed by atoms with Gasteiger partial charge in [-0.15, -0.1) is 0 Å². The summed E-state index contributed by atoms with van der Waals surface area (Å²) in [6.07, 6.45) is 2.39. The topological polar surface area (TPSA) is 155 Å². The molecule has 1 spiro atoms. The van der Waals surface area contributed by atoms with Gasteiger partial charge in [0.2, 0.25) is 5.91 Å². The average molecular weight is 629 g/mol. The average Bonchev–Trinajstić information content (AvgIpc) is 3.64. The van der Waals surface area contributed by atoms with Crippen LogP contribution in [0.5, 0.6) is 0 Å². The Labute approximate surface area is 262 Å². The summed E-state index contributed by atoms with van der Waals surface area (Å²) in [5, 5.41) is 21.4. The molecule has 2 atom stereocenters. The first-order valence-electron chi connectivity index (χ1n) is 14.2. The maximum atomic E-state index is 14.1. The minimum absolute atomic E-state index is 0.0917. The zero-order valence-corrected chi connectivity index (χ0v) is 24.9. The molecule has 3 aromatic carbocycles. The van der Waals surface area contributed by atoms with Gasteiger partial charge in [-0.3, -0.25) is 24.9 Å². The van der Waals surface area contributed by atoms with E-state index >= 15 is 0 Å². The van der Waals surface area contributed by atoms with Crippen molar-refractivity contribution < 1.29 is 29.0 Å². The lowest BCUT2D eigenvalue weighted by molar-refractivity contribution is -0.133. The molecule has 3 heterocycles. The number of likely N-dealkylation sites (tertiary alicyclic amines) is 1. The SMILES string of the molecule is Cn1cc(-c2ccc(CC(NC(=O)c3ccc(NC(=O)O)cc3)C(=O)N3CC[C@@]4(C3)OC(=O)Nc3ccc(Cl)cc34)cc2)cn1. The molecule has 4 amide bonds. The third kappa shape index (κ3) is 6.31. The van der Waals surface area contributed by atoms with E-state index in [1.807, 2.05) is 37.5 Å². The molecule has 0 aliphatic carbocycles. The number of benzene rings is 3. The standard InChI is InChI=1S/C32H29ClN6O6/c1-38-17-22(16-34-38)20-4-2-19(3-5-20)14-27(36-28(40)21-6-9-24(10-7-21)35-30(42)43)29(41)39-13-12-32(18-39)25-15-23(33)8-11-26(25)37-31(44)45-32/h2-11,15-17,27,35H,12-14,18H2,1H3,(H,36,40)(H,37,44)(H,42,43)/t27?,32-/m0/s1. The van der Waals surface area contributed by atoms with Crippen LogP contribution in [-0.4, -0.2) is 62.9 Å². The fraction of sp³-hybridized carbons (Fsp3) is 0.219. The molecular formula is C32H29ClN6O6. The summed E-state index contributed by atoms with van der Waals surface area (Å²) in [6.45, 7) is 0.383. The Morgan fingerprint density at radius 2 is 1.84 bits per heavy atom. The molecule has 2 aliphatic rings. The van der Waals surface area contributed by atoms with Gasteiger partial charge in [0.25, 0.3) is 5.91 Å². The second-order valence-corrected chi connectivity index (χ2v) is 11.5. The highest BCUT2D eigenvalue weighted by atomic mass is 35.5. The Hall–Kier alpha value is -5.36. The van der Waals surface area contributed by atoms with E-state index < -0.39 is 29.7 Å². The van der Waals surface area contributed by atoms with Crippen LogP contribution in [0.1, 0.15) is 27.9 Å². The Balaban J connectivity index is 1.25. The van der Waals surface area contributed by atoms with E-state index in [4.69, 9.17) is 21.4 Å². The second kappa shape index (κ2) is 12.0. The first kappa shape index (κ1) is 29.7. The summed E-state index contributed by atoms with van der Waals surface area (Å²) in [7, 11) is 1.84. The third-order valence-electron chi connectivity index (χ3n) is 7.97. The van der Waals surface area contributed by atoms with Gasteiger partial charge in [-0.1, -0.05) is 35.9 Å². The molecule has 6 rings (SSSR count). The van der Waals surface area contributed by atoms with E-state index in [-0.39, 0.29) is 24.4 Å². The van der Waals surface area contributed by atoms with Crippen molar-refractivity contribution in [1.29, 1.82) is 0 Å². The number of amides is 4. The van der Waals surface area contributed by atoms with Gasteiger partial charge in [-0.2, -0.15) is 5.10 Å². The van der Waals surface area contributed by atoms with E-state index in [1.54, 1.807) is 34.0 Å². The predicted octanol–water partition coefficient (Wildman–Crippen LogP) is 4.86. The Bertz CT molecular complexity index is 1790. The number of hydrogen-bond donors (Lipinski definition) is 4. The van der Waals surface area contributed by atoms with Crippen LogP contribution in [0.4, 0.5) is 21.0 Å². The molecule has 1 fully saturated rings. The van der Waals surface area contributed by atoms with Gasteiger partial charge in [0, 0.05) is 60.0 Å². The van der Waals surface area contributed by atoms with Crippen LogP contribution in [0.15, 0.2) is 79.1 Å². The monoisotopic (exact) mass is 628 g/mol. The van der Waals surface area contributed by atoms with Gasteiger partial charge in [0.1, 0.15) is 6.04 Å². The number of halogens is 1. The number of nitrogens with zero attached hydrogens (tertiary/aromatic N) is 3. The molecule has 4 N–H and O–H groups in total. The maximum Gasteiger partial charge on any atom is 0.412 e. The smallest absolute Gasteiger partial charge is 0.412 e. The zero-order chi connectivity index (χ0) is 31.7. The fourth-order valence-electron chi connectivity index (χ4n) is 5.77. The number of carbonyl (C=O) groups excluding carboxylic acids is 3. The quantitative estimate of drug-likeness (QED) is 0.228. The molecule has 45 heavy (non-hydrogen) atoms. The molecule has 230 valence electrons. The van der Waals surface area contributed by atoms with Crippen molar-refractivity contribution in [3.05, 3.63) is 101 Å². The molecule has 2 aliphatic heterocycles. The van der Waals surface area contributed by atoms with Gasteiger partial charge in [0.15, 0.2) is 5.60 Å². The van der Waals surface area contributed by atoms with Crippen LogP contribution >= 0.6 is 11.6 Å².